The van der Waals surface area contributed by atoms with Gasteiger partial charge in [0.15, 0.2) is 5.82 Å². The molecule has 17 heavy (non-hydrogen) atoms. The van der Waals surface area contributed by atoms with E-state index in [0.29, 0.717) is 12.6 Å². The normalized spacial score (nSPS) is 11.2. The summed E-state index contributed by atoms with van der Waals surface area (Å²) in [7, 11) is 1.71. The summed E-state index contributed by atoms with van der Waals surface area (Å²) in [6, 6.07) is 0.369. The van der Waals surface area contributed by atoms with Crippen molar-refractivity contribution in [1.82, 2.24) is 9.78 Å². The number of hydrogen-bond acceptors (Lipinski definition) is 4. The van der Waals surface area contributed by atoms with Crippen LogP contribution in [0.25, 0.3) is 0 Å². The zero-order valence-corrected chi connectivity index (χ0v) is 11.5. The third kappa shape index (κ3) is 2.91. The lowest BCUT2D eigenvalue weighted by Crippen LogP contribution is -2.36. The fraction of sp³-hybridized carbons (Fsp3) is 0.750. The summed E-state index contributed by atoms with van der Waals surface area (Å²) >= 11 is 0. The van der Waals surface area contributed by atoms with Gasteiger partial charge in [0.05, 0.1) is 18.0 Å². The molecule has 0 aliphatic heterocycles. The van der Waals surface area contributed by atoms with Gasteiger partial charge in [-0.1, -0.05) is 0 Å². The van der Waals surface area contributed by atoms with Crippen LogP contribution in [-0.4, -0.2) is 36.1 Å². The van der Waals surface area contributed by atoms with Crippen molar-refractivity contribution >= 4 is 11.5 Å². The molecule has 0 fully saturated rings. The van der Waals surface area contributed by atoms with Gasteiger partial charge in [-0.25, -0.2) is 4.68 Å². The number of nitrogen functional groups attached to an aromatic ring is 1. The van der Waals surface area contributed by atoms with Gasteiger partial charge in [-0.2, -0.15) is 5.10 Å². The van der Waals surface area contributed by atoms with Crippen molar-refractivity contribution in [3.05, 3.63) is 5.69 Å². The molecule has 0 aliphatic carbocycles. The topological polar surface area (TPSA) is 56.3 Å². The van der Waals surface area contributed by atoms with Crippen LogP contribution in [0.4, 0.5) is 11.5 Å². The predicted octanol–water partition coefficient (Wildman–Crippen LogP) is 1.65. The van der Waals surface area contributed by atoms with Crippen LogP contribution in [0.15, 0.2) is 0 Å². The molecule has 0 aromatic carbocycles. The van der Waals surface area contributed by atoms with E-state index < -0.39 is 0 Å². The van der Waals surface area contributed by atoms with Gasteiger partial charge in [0, 0.05) is 26.2 Å². The highest BCUT2D eigenvalue weighted by atomic mass is 16.5. The Morgan fingerprint density at radius 3 is 2.59 bits per heavy atom. The van der Waals surface area contributed by atoms with Crippen molar-refractivity contribution in [3.8, 4) is 0 Å². The first kappa shape index (κ1) is 13.8. The smallest absolute Gasteiger partial charge is 0.150 e. The lowest BCUT2D eigenvalue weighted by molar-refractivity contribution is 0.203. The Morgan fingerprint density at radius 2 is 2.12 bits per heavy atom. The molecule has 0 radical (unpaired) electrons. The number of rotatable bonds is 6. The van der Waals surface area contributed by atoms with E-state index in [0.717, 1.165) is 30.3 Å². The van der Waals surface area contributed by atoms with E-state index in [1.54, 1.807) is 7.11 Å². The Balaban J connectivity index is 3.08. The molecule has 2 N–H and O–H groups in total. The summed E-state index contributed by atoms with van der Waals surface area (Å²) in [4.78, 5) is 2.24. The van der Waals surface area contributed by atoms with Gasteiger partial charge >= 0.3 is 0 Å². The zero-order valence-electron chi connectivity index (χ0n) is 11.5. The van der Waals surface area contributed by atoms with Crippen LogP contribution in [-0.2, 0) is 11.3 Å². The molecule has 0 atom stereocenters. The molecule has 0 bridgehead atoms. The lowest BCUT2D eigenvalue weighted by atomic mass is 10.3. The zero-order chi connectivity index (χ0) is 13.0. The molecule has 0 unspecified atom stereocenters. The third-order valence-corrected chi connectivity index (χ3v) is 2.88. The SMILES string of the molecule is CCn1nc(C)c(N)c1N(CCOC)C(C)C. The maximum Gasteiger partial charge on any atom is 0.150 e. The molecule has 0 aliphatic rings. The first-order valence-corrected chi connectivity index (χ1v) is 6.11. The van der Waals surface area contributed by atoms with Gasteiger partial charge in [-0.05, 0) is 27.7 Å². The average molecular weight is 240 g/mol. The lowest BCUT2D eigenvalue weighted by Gasteiger charge is -2.29. The fourth-order valence-corrected chi connectivity index (χ4v) is 1.90. The van der Waals surface area contributed by atoms with Crippen molar-refractivity contribution in [2.45, 2.75) is 40.3 Å². The van der Waals surface area contributed by atoms with Crippen molar-refractivity contribution in [3.63, 3.8) is 0 Å². The van der Waals surface area contributed by atoms with Crippen molar-refractivity contribution in [2.75, 3.05) is 30.9 Å². The highest BCUT2D eigenvalue weighted by Crippen LogP contribution is 2.27. The Labute approximate surface area is 104 Å². The van der Waals surface area contributed by atoms with E-state index >= 15 is 0 Å². The van der Waals surface area contributed by atoms with E-state index in [1.165, 1.54) is 0 Å². The maximum atomic E-state index is 6.12. The van der Waals surface area contributed by atoms with Crippen molar-refractivity contribution in [1.29, 1.82) is 0 Å². The summed E-state index contributed by atoms with van der Waals surface area (Å²) in [5.74, 6) is 1.01. The molecule has 1 aromatic heterocycles. The van der Waals surface area contributed by atoms with Crippen molar-refractivity contribution < 1.29 is 4.74 Å². The Kier molecular flexibility index (Phi) is 4.81. The van der Waals surface area contributed by atoms with Gasteiger partial charge in [-0.3, -0.25) is 0 Å². The van der Waals surface area contributed by atoms with Crippen LogP contribution in [0, 0.1) is 6.92 Å². The van der Waals surface area contributed by atoms with Crippen LogP contribution in [0.2, 0.25) is 0 Å². The van der Waals surface area contributed by atoms with Crippen LogP contribution in [0.5, 0.6) is 0 Å². The van der Waals surface area contributed by atoms with Gasteiger partial charge in [0.1, 0.15) is 0 Å². The number of methoxy groups -OCH3 is 1. The minimum atomic E-state index is 0.369. The number of nitrogens with two attached hydrogens (primary N) is 1. The van der Waals surface area contributed by atoms with Gasteiger partial charge in [0.2, 0.25) is 0 Å². The summed E-state index contributed by atoms with van der Waals surface area (Å²) in [5.41, 5.74) is 7.79. The Hall–Kier alpha value is -1.23. The summed E-state index contributed by atoms with van der Waals surface area (Å²) < 4.78 is 7.11. The molecule has 5 nitrogen and oxygen atoms in total. The quantitative estimate of drug-likeness (QED) is 0.821. The molecule has 98 valence electrons. The molecular weight excluding hydrogens is 216 g/mol. The molecule has 1 aromatic rings. The van der Waals surface area contributed by atoms with Crippen LogP contribution in [0.3, 0.4) is 0 Å². The third-order valence-electron chi connectivity index (χ3n) is 2.88. The van der Waals surface area contributed by atoms with Crippen LogP contribution >= 0.6 is 0 Å². The van der Waals surface area contributed by atoms with Crippen molar-refractivity contribution in [2.24, 2.45) is 0 Å². The highest BCUT2D eigenvalue weighted by Gasteiger charge is 2.20. The number of nitrogens with zero attached hydrogens (tertiary/aromatic N) is 3. The Morgan fingerprint density at radius 1 is 1.47 bits per heavy atom. The van der Waals surface area contributed by atoms with Gasteiger partial charge in [-0.15, -0.1) is 0 Å². The maximum absolute atomic E-state index is 6.12. The van der Waals surface area contributed by atoms with E-state index in [1.807, 2.05) is 11.6 Å². The minimum Gasteiger partial charge on any atom is -0.394 e. The van der Waals surface area contributed by atoms with E-state index in [9.17, 15) is 0 Å². The van der Waals surface area contributed by atoms with Crippen LogP contribution in [0.1, 0.15) is 26.5 Å². The second-order valence-corrected chi connectivity index (χ2v) is 4.42. The number of aromatic nitrogens is 2. The molecule has 5 heteroatoms. The number of aryl methyl sites for hydroxylation is 2. The molecule has 1 rings (SSSR count). The van der Waals surface area contributed by atoms with Gasteiger partial charge < -0.3 is 15.4 Å². The molecule has 0 amide bonds. The molecular formula is C12H24N4O. The minimum absolute atomic E-state index is 0.369. The average Bonchev–Trinajstić information content (AvgIpc) is 2.57. The molecule has 1 heterocycles. The first-order valence-electron chi connectivity index (χ1n) is 6.11. The van der Waals surface area contributed by atoms with E-state index in [-0.39, 0.29) is 0 Å². The summed E-state index contributed by atoms with van der Waals surface area (Å²) in [6.07, 6.45) is 0. The largest absolute Gasteiger partial charge is 0.394 e. The molecule has 0 saturated heterocycles. The number of hydrogen-bond donors (Lipinski definition) is 1. The number of anilines is 2. The fourth-order valence-electron chi connectivity index (χ4n) is 1.90. The summed E-state index contributed by atoms with van der Waals surface area (Å²) in [6.45, 7) is 10.7. The monoisotopic (exact) mass is 240 g/mol. The second-order valence-electron chi connectivity index (χ2n) is 4.42. The standard InChI is InChI=1S/C12H24N4O/c1-6-16-12(11(13)10(4)14-16)15(9(2)3)7-8-17-5/h9H,6-8,13H2,1-5H3. The first-order chi connectivity index (χ1) is 8.02. The Bertz CT molecular complexity index is 360. The molecule has 0 saturated carbocycles. The van der Waals surface area contributed by atoms with E-state index in [2.05, 4.69) is 30.8 Å². The second kappa shape index (κ2) is 5.91. The van der Waals surface area contributed by atoms with Gasteiger partial charge in [0.25, 0.3) is 0 Å². The number of ether oxygens (including phenoxy) is 1. The van der Waals surface area contributed by atoms with E-state index in [4.69, 9.17) is 10.5 Å². The van der Waals surface area contributed by atoms with Crippen LogP contribution < -0.4 is 10.6 Å². The highest BCUT2D eigenvalue weighted by molar-refractivity contribution is 5.66. The molecule has 0 spiro atoms. The predicted molar refractivity (Wildman–Crippen MR) is 71.4 cm³/mol. The summed E-state index contributed by atoms with van der Waals surface area (Å²) in [5, 5.41) is 4.45.